The standard InChI is InChI=1S/C14H26N2OS/c1-6-14(17,7-2)10-15-8-12-16-11(9-18-12)13(3,4)5/h9,15,17H,6-8,10H2,1-5H3. The van der Waals surface area contributed by atoms with Crippen molar-refractivity contribution in [2.45, 2.75) is 65.0 Å². The van der Waals surface area contributed by atoms with Crippen molar-refractivity contribution < 1.29 is 5.11 Å². The van der Waals surface area contributed by atoms with Gasteiger partial charge in [0.05, 0.1) is 11.3 Å². The van der Waals surface area contributed by atoms with Crippen LogP contribution in [0.25, 0.3) is 0 Å². The minimum Gasteiger partial charge on any atom is -0.389 e. The van der Waals surface area contributed by atoms with Crippen molar-refractivity contribution in [3.05, 3.63) is 16.1 Å². The summed E-state index contributed by atoms with van der Waals surface area (Å²) in [6.45, 7) is 11.9. The monoisotopic (exact) mass is 270 g/mol. The lowest BCUT2D eigenvalue weighted by atomic mass is 9.93. The van der Waals surface area contributed by atoms with Gasteiger partial charge in [-0.3, -0.25) is 0 Å². The molecule has 0 amide bonds. The number of thiazole rings is 1. The van der Waals surface area contributed by atoms with Crippen molar-refractivity contribution in [1.29, 1.82) is 0 Å². The van der Waals surface area contributed by atoms with Crippen LogP contribution >= 0.6 is 11.3 Å². The zero-order valence-corrected chi connectivity index (χ0v) is 13.0. The lowest BCUT2D eigenvalue weighted by Crippen LogP contribution is -2.39. The van der Waals surface area contributed by atoms with Gasteiger partial charge < -0.3 is 10.4 Å². The number of rotatable bonds is 6. The molecule has 1 aromatic rings. The molecule has 0 atom stereocenters. The first kappa shape index (κ1) is 15.6. The zero-order chi connectivity index (χ0) is 13.8. The number of aliphatic hydroxyl groups is 1. The van der Waals surface area contributed by atoms with Gasteiger partial charge in [0.25, 0.3) is 0 Å². The van der Waals surface area contributed by atoms with E-state index in [4.69, 9.17) is 0 Å². The molecular weight excluding hydrogens is 244 g/mol. The van der Waals surface area contributed by atoms with Gasteiger partial charge in [0, 0.05) is 23.9 Å². The van der Waals surface area contributed by atoms with Crippen molar-refractivity contribution >= 4 is 11.3 Å². The van der Waals surface area contributed by atoms with E-state index in [1.54, 1.807) is 11.3 Å². The second-order valence-electron chi connectivity index (χ2n) is 5.91. The molecule has 0 aliphatic carbocycles. The van der Waals surface area contributed by atoms with Crippen molar-refractivity contribution in [3.63, 3.8) is 0 Å². The Labute approximate surface area is 115 Å². The second-order valence-corrected chi connectivity index (χ2v) is 6.85. The van der Waals surface area contributed by atoms with Gasteiger partial charge in [0.2, 0.25) is 0 Å². The van der Waals surface area contributed by atoms with Crippen LogP contribution in [-0.4, -0.2) is 22.2 Å². The summed E-state index contributed by atoms with van der Waals surface area (Å²) in [7, 11) is 0. The number of nitrogens with one attached hydrogen (secondary N) is 1. The molecule has 1 heterocycles. The normalized spacial score (nSPS) is 13.0. The maximum absolute atomic E-state index is 10.2. The molecule has 1 rings (SSSR count). The Balaban J connectivity index is 2.48. The third-order valence-corrected chi connectivity index (χ3v) is 4.22. The van der Waals surface area contributed by atoms with Crippen LogP contribution in [0.5, 0.6) is 0 Å². The molecule has 0 fully saturated rings. The van der Waals surface area contributed by atoms with Crippen molar-refractivity contribution in [1.82, 2.24) is 10.3 Å². The quantitative estimate of drug-likeness (QED) is 0.835. The Morgan fingerprint density at radius 3 is 2.33 bits per heavy atom. The second kappa shape index (κ2) is 6.13. The van der Waals surface area contributed by atoms with E-state index in [0.29, 0.717) is 6.54 Å². The molecule has 0 aromatic carbocycles. The topological polar surface area (TPSA) is 45.1 Å². The summed E-state index contributed by atoms with van der Waals surface area (Å²) in [4.78, 5) is 4.63. The Bertz CT molecular complexity index is 364. The molecule has 0 saturated heterocycles. The molecule has 0 radical (unpaired) electrons. The van der Waals surface area contributed by atoms with Gasteiger partial charge in [-0.2, -0.15) is 0 Å². The van der Waals surface area contributed by atoms with Crippen LogP contribution in [-0.2, 0) is 12.0 Å². The fraction of sp³-hybridized carbons (Fsp3) is 0.786. The summed E-state index contributed by atoms with van der Waals surface area (Å²) >= 11 is 1.69. The van der Waals surface area contributed by atoms with Crippen molar-refractivity contribution in [2.24, 2.45) is 0 Å². The van der Waals surface area contributed by atoms with Gasteiger partial charge in [-0.05, 0) is 12.8 Å². The molecule has 2 N–H and O–H groups in total. The van der Waals surface area contributed by atoms with Crippen LogP contribution in [0.4, 0.5) is 0 Å². The van der Waals surface area contributed by atoms with Crippen LogP contribution < -0.4 is 5.32 Å². The summed E-state index contributed by atoms with van der Waals surface area (Å²) in [5, 5.41) is 16.7. The van der Waals surface area contributed by atoms with Gasteiger partial charge in [-0.15, -0.1) is 11.3 Å². The van der Waals surface area contributed by atoms with Crippen LogP contribution in [0.2, 0.25) is 0 Å². The van der Waals surface area contributed by atoms with E-state index in [0.717, 1.165) is 30.1 Å². The summed E-state index contributed by atoms with van der Waals surface area (Å²) < 4.78 is 0. The van der Waals surface area contributed by atoms with E-state index in [9.17, 15) is 5.11 Å². The molecule has 104 valence electrons. The Hall–Kier alpha value is -0.450. The number of hydrogen-bond donors (Lipinski definition) is 2. The van der Waals surface area contributed by atoms with Crippen LogP contribution in [0.3, 0.4) is 0 Å². The molecule has 1 aromatic heterocycles. The lowest BCUT2D eigenvalue weighted by Gasteiger charge is -2.25. The van der Waals surface area contributed by atoms with E-state index >= 15 is 0 Å². The molecule has 0 spiro atoms. The van der Waals surface area contributed by atoms with E-state index < -0.39 is 5.60 Å². The molecule has 18 heavy (non-hydrogen) atoms. The average molecular weight is 270 g/mol. The highest BCUT2D eigenvalue weighted by molar-refractivity contribution is 7.09. The highest BCUT2D eigenvalue weighted by atomic mass is 32.1. The van der Waals surface area contributed by atoms with E-state index in [2.05, 4.69) is 36.5 Å². The van der Waals surface area contributed by atoms with E-state index in [1.807, 2.05) is 13.8 Å². The Morgan fingerprint density at radius 2 is 1.89 bits per heavy atom. The summed E-state index contributed by atoms with van der Waals surface area (Å²) in [6.07, 6.45) is 1.56. The summed E-state index contributed by atoms with van der Waals surface area (Å²) in [6, 6.07) is 0. The first-order chi connectivity index (χ1) is 8.30. The predicted molar refractivity (Wildman–Crippen MR) is 78.1 cm³/mol. The molecule has 0 saturated carbocycles. The molecular formula is C14H26N2OS. The van der Waals surface area contributed by atoms with Crippen molar-refractivity contribution in [3.8, 4) is 0 Å². The smallest absolute Gasteiger partial charge is 0.107 e. The zero-order valence-electron chi connectivity index (χ0n) is 12.2. The highest BCUT2D eigenvalue weighted by Crippen LogP contribution is 2.23. The van der Waals surface area contributed by atoms with Crippen LogP contribution in [0.15, 0.2) is 5.38 Å². The first-order valence-corrected chi connectivity index (χ1v) is 7.56. The van der Waals surface area contributed by atoms with Crippen LogP contribution in [0.1, 0.15) is 58.2 Å². The van der Waals surface area contributed by atoms with E-state index in [1.165, 1.54) is 0 Å². The highest BCUT2D eigenvalue weighted by Gasteiger charge is 2.22. The maximum Gasteiger partial charge on any atom is 0.107 e. The summed E-state index contributed by atoms with van der Waals surface area (Å²) in [5.74, 6) is 0. The summed E-state index contributed by atoms with van der Waals surface area (Å²) in [5.41, 5.74) is 0.678. The molecule has 0 unspecified atom stereocenters. The average Bonchev–Trinajstić information content (AvgIpc) is 2.77. The third-order valence-electron chi connectivity index (χ3n) is 3.37. The lowest BCUT2D eigenvalue weighted by molar-refractivity contribution is 0.0323. The molecule has 4 heteroatoms. The van der Waals surface area contributed by atoms with Crippen LogP contribution in [0, 0.1) is 0 Å². The molecule has 0 aliphatic rings. The first-order valence-electron chi connectivity index (χ1n) is 6.68. The third kappa shape index (κ3) is 4.34. The Morgan fingerprint density at radius 1 is 1.28 bits per heavy atom. The number of hydrogen-bond acceptors (Lipinski definition) is 4. The van der Waals surface area contributed by atoms with Gasteiger partial charge in [0.1, 0.15) is 5.01 Å². The molecule has 0 aliphatic heterocycles. The maximum atomic E-state index is 10.2. The fourth-order valence-electron chi connectivity index (χ4n) is 1.64. The van der Waals surface area contributed by atoms with Gasteiger partial charge in [-0.25, -0.2) is 4.98 Å². The van der Waals surface area contributed by atoms with Gasteiger partial charge in [0.15, 0.2) is 0 Å². The Kier molecular flexibility index (Phi) is 5.32. The van der Waals surface area contributed by atoms with Crippen molar-refractivity contribution in [2.75, 3.05) is 6.54 Å². The number of nitrogens with zero attached hydrogens (tertiary/aromatic N) is 1. The van der Waals surface area contributed by atoms with Gasteiger partial charge >= 0.3 is 0 Å². The predicted octanol–water partition coefficient (Wildman–Crippen LogP) is 3.08. The van der Waals surface area contributed by atoms with Gasteiger partial charge in [-0.1, -0.05) is 34.6 Å². The minimum atomic E-state index is -0.579. The van der Waals surface area contributed by atoms with E-state index in [-0.39, 0.29) is 5.41 Å². The minimum absolute atomic E-state index is 0.113. The SMILES string of the molecule is CCC(O)(CC)CNCc1nc(C(C)(C)C)cs1. The molecule has 0 bridgehead atoms. The largest absolute Gasteiger partial charge is 0.389 e. The molecule has 3 nitrogen and oxygen atoms in total. The fourth-order valence-corrected chi connectivity index (χ4v) is 2.63. The number of aromatic nitrogens is 1.